The highest BCUT2D eigenvalue weighted by molar-refractivity contribution is 5.99. The SMILES string of the molecule is COc1ccccc1CN1CCC(n2nccc2NC(=O)Nc2cccc(F)c2)CC1. The van der Waals surface area contributed by atoms with Gasteiger partial charge in [-0.05, 0) is 37.1 Å². The minimum Gasteiger partial charge on any atom is -0.496 e. The Kier molecular flexibility index (Phi) is 6.47. The van der Waals surface area contributed by atoms with Gasteiger partial charge in [-0.1, -0.05) is 24.3 Å². The lowest BCUT2D eigenvalue weighted by Crippen LogP contribution is -2.35. The van der Waals surface area contributed by atoms with E-state index in [1.807, 2.05) is 22.9 Å². The van der Waals surface area contributed by atoms with Gasteiger partial charge >= 0.3 is 6.03 Å². The average Bonchev–Trinajstić information content (AvgIpc) is 3.22. The van der Waals surface area contributed by atoms with Crippen LogP contribution < -0.4 is 15.4 Å². The molecule has 2 N–H and O–H groups in total. The maximum Gasteiger partial charge on any atom is 0.324 e. The van der Waals surface area contributed by atoms with E-state index in [1.165, 1.54) is 17.7 Å². The lowest BCUT2D eigenvalue weighted by molar-refractivity contribution is 0.173. The van der Waals surface area contributed by atoms with Gasteiger partial charge in [-0.15, -0.1) is 0 Å². The molecule has 0 spiro atoms. The van der Waals surface area contributed by atoms with Crippen LogP contribution >= 0.6 is 0 Å². The lowest BCUT2D eigenvalue weighted by atomic mass is 10.0. The zero-order chi connectivity index (χ0) is 21.6. The molecule has 3 aromatic rings. The normalized spacial score (nSPS) is 14.9. The number of nitrogens with zero attached hydrogens (tertiary/aromatic N) is 3. The van der Waals surface area contributed by atoms with E-state index >= 15 is 0 Å². The number of amides is 2. The standard InChI is InChI=1S/C23H26FN5O2/c1-31-21-8-3-2-5-17(21)16-28-13-10-20(11-14-28)29-22(9-12-25-29)27-23(30)26-19-7-4-6-18(24)15-19/h2-9,12,15,20H,10-11,13-14,16H2,1H3,(H2,26,27,30). The number of urea groups is 1. The number of hydrogen-bond donors (Lipinski definition) is 2. The van der Waals surface area contributed by atoms with Crippen molar-refractivity contribution < 1.29 is 13.9 Å². The zero-order valence-corrected chi connectivity index (χ0v) is 17.4. The van der Waals surface area contributed by atoms with Crippen molar-refractivity contribution in [3.8, 4) is 5.75 Å². The van der Waals surface area contributed by atoms with Crippen LogP contribution in [0.5, 0.6) is 5.75 Å². The van der Waals surface area contributed by atoms with Crippen LogP contribution in [-0.4, -0.2) is 40.9 Å². The van der Waals surface area contributed by atoms with Crippen molar-refractivity contribution in [3.05, 3.63) is 72.2 Å². The summed E-state index contributed by atoms with van der Waals surface area (Å²) in [6.07, 6.45) is 3.53. The summed E-state index contributed by atoms with van der Waals surface area (Å²) in [6, 6.07) is 15.4. The van der Waals surface area contributed by atoms with Crippen molar-refractivity contribution in [1.82, 2.24) is 14.7 Å². The fourth-order valence-corrected chi connectivity index (χ4v) is 3.95. The van der Waals surface area contributed by atoms with Gasteiger partial charge < -0.3 is 10.1 Å². The first-order valence-corrected chi connectivity index (χ1v) is 10.3. The summed E-state index contributed by atoms with van der Waals surface area (Å²) in [5.41, 5.74) is 1.58. The van der Waals surface area contributed by atoms with Gasteiger partial charge in [0.15, 0.2) is 0 Å². The van der Waals surface area contributed by atoms with Crippen LogP contribution in [0.2, 0.25) is 0 Å². The van der Waals surface area contributed by atoms with E-state index in [0.717, 1.165) is 38.2 Å². The number of piperidine rings is 1. The van der Waals surface area contributed by atoms with Crippen molar-refractivity contribution in [3.63, 3.8) is 0 Å². The van der Waals surface area contributed by atoms with Crippen molar-refractivity contribution >= 4 is 17.5 Å². The summed E-state index contributed by atoms with van der Waals surface area (Å²) < 4.78 is 20.6. The molecule has 0 unspecified atom stereocenters. The first-order valence-electron chi connectivity index (χ1n) is 10.3. The Bertz CT molecular complexity index is 1030. The van der Waals surface area contributed by atoms with Gasteiger partial charge in [0.05, 0.1) is 19.3 Å². The number of carbonyl (C=O) groups is 1. The topological polar surface area (TPSA) is 71.4 Å². The highest BCUT2D eigenvalue weighted by Gasteiger charge is 2.23. The van der Waals surface area contributed by atoms with E-state index in [2.05, 4.69) is 26.7 Å². The molecule has 1 aromatic heterocycles. The molecule has 1 fully saturated rings. The minimum absolute atomic E-state index is 0.202. The number of para-hydroxylation sites is 1. The monoisotopic (exact) mass is 423 g/mol. The minimum atomic E-state index is -0.430. The molecule has 0 atom stereocenters. The molecule has 1 aliphatic heterocycles. The second kappa shape index (κ2) is 9.61. The number of nitrogens with one attached hydrogen (secondary N) is 2. The van der Waals surface area contributed by atoms with Gasteiger partial charge in [0.25, 0.3) is 0 Å². The number of rotatable bonds is 6. The van der Waals surface area contributed by atoms with E-state index in [1.54, 1.807) is 31.5 Å². The molecule has 0 radical (unpaired) electrons. The largest absolute Gasteiger partial charge is 0.496 e. The Morgan fingerprint density at radius 2 is 1.94 bits per heavy atom. The van der Waals surface area contributed by atoms with Gasteiger partial charge in [-0.2, -0.15) is 5.10 Å². The summed E-state index contributed by atoms with van der Waals surface area (Å²) >= 11 is 0. The molecule has 2 aromatic carbocycles. The number of benzene rings is 2. The number of anilines is 2. The van der Waals surface area contributed by atoms with Crippen molar-refractivity contribution in [2.45, 2.75) is 25.4 Å². The van der Waals surface area contributed by atoms with Crippen LogP contribution in [-0.2, 0) is 6.54 Å². The Labute approximate surface area is 180 Å². The van der Waals surface area contributed by atoms with Gasteiger partial charge in [-0.3, -0.25) is 10.2 Å². The Balaban J connectivity index is 1.33. The predicted molar refractivity (Wildman–Crippen MR) is 118 cm³/mol. The second-order valence-electron chi connectivity index (χ2n) is 7.57. The summed E-state index contributed by atoms with van der Waals surface area (Å²) in [5, 5.41) is 9.89. The van der Waals surface area contributed by atoms with Gasteiger partial charge in [0, 0.05) is 37.0 Å². The first kappa shape index (κ1) is 20.9. The maximum atomic E-state index is 13.3. The highest BCUT2D eigenvalue weighted by Crippen LogP contribution is 2.28. The molecule has 2 heterocycles. The number of aromatic nitrogens is 2. The highest BCUT2D eigenvalue weighted by atomic mass is 19.1. The smallest absolute Gasteiger partial charge is 0.324 e. The van der Waals surface area contributed by atoms with Crippen LogP contribution in [0.15, 0.2) is 60.8 Å². The van der Waals surface area contributed by atoms with Crippen LogP contribution in [0.25, 0.3) is 0 Å². The average molecular weight is 423 g/mol. The number of methoxy groups -OCH3 is 1. The Morgan fingerprint density at radius 1 is 1.13 bits per heavy atom. The Morgan fingerprint density at radius 3 is 2.71 bits per heavy atom. The third-order valence-corrected chi connectivity index (χ3v) is 5.48. The van der Waals surface area contributed by atoms with Gasteiger partial charge in [0.1, 0.15) is 17.4 Å². The Hall–Kier alpha value is -3.39. The maximum absolute atomic E-state index is 13.3. The molecule has 0 bridgehead atoms. The van der Waals surface area contributed by atoms with Crippen molar-refractivity contribution in [2.24, 2.45) is 0 Å². The summed E-state index contributed by atoms with van der Waals surface area (Å²) in [7, 11) is 1.70. The van der Waals surface area contributed by atoms with Gasteiger partial charge in [0.2, 0.25) is 0 Å². The van der Waals surface area contributed by atoms with E-state index in [-0.39, 0.29) is 6.04 Å². The van der Waals surface area contributed by atoms with Crippen LogP contribution in [0.4, 0.5) is 20.7 Å². The van der Waals surface area contributed by atoms with E-state index in [4.69, 9.17) is 4.74 Å². The molecule has 8 heteroatoms. The third kappa shape index (κ3) is 5.21. The molecule has 1 saturated heterocycles. The van der Waals surface area contributed by atoms with Crippen molar-refractivity contribution in [1.29, 1.82) is 0 Å². The van der Waals surface area contributed by atoms with Crippen LogP contribution in [0.1, 0.15) is 24.4 Å². The molecular formula is C23H26FN5O2. The number of carbonyl (C=O) groups excluding carboxylic acids is 1. The molecule has 1 aliphatic rings. The molecule has 7 nitrogen and oxygen atoms in total. The predicted octanol–water partition coefficient (Wildman–Crippen LogP) is 4.51. The van der Waals surface area contributed by atoms with Gasteiger partial charge in [-0.25, -0.2) is 13.9 Å². The summed E-state index contributed by atoms with van der Waals surface area (Å²) in [5.74, 6) is 1.13. The van der Waals surface area contributed by atoms with E-state index in [9.17, 15) is 9.18 Å². The quantitative estimate of drug-likeness (QED) is 0.612. The molecule has 0 aliphatic carbocycles. The molecule has 31 heavy (non-hydrogen) atoms. The number of halogens is 1. The van der Waals surface area contributed by atoms with E-state index < -0.39 is 11.8 Å². The molecule has 4 rings (SSSR count). The summed E-state index contributed by atoms with van der Waals surface area (Å²) in [4.78, 5) is 14.7. The number of likely N-dealkylation sites (tertiary alicyclic amines) is 1. The van der Waals surface area contributed by atoms with Crippen LogP contribution in [0.3, 0.4) is 0 Å². The molecule has 162 valence electrons. The van der Waals surface area contributed by atoms with E-state index in [0.29, 0.717) is 11.5 Å². The second-order valence-corrected chi connectivity index (χ2v) is 7.57. The van der Waals surface area contributed by atoms with Crippen molar-refractivity contribution in [2.75, 3.05) is 30.8 Å². The fraction of sp³-hybridized carbons (Fsp3) is 0.304. The van der Waals surface area contributed by atoms with Crippen LogP contribution in [0, 0.1) is 5.82 Å². The fourth-order valence-electron chi connectivity index (χ4n) is 3.95. The number of hydrogen-bond acceptors (Lipinski definition) is 4. The lowest BCUT2D eigenvalue weighted by Gasteiger charge is -2.33. The molecular weight excluding hydrogens is 397 g/mol. The first-order chi connectivity index (χ1) is 15.1. The molecule has 0 saturated carbocycles. The summed E-state index contributed by atoms with van der Waals surface area (Å²) in [6.45, 7) is 2.70. The zero-order valence-electron chi connectivity index (χ0n) is 17.4. The third-order valence-electron chi connectivity index (χ3n) is 5.48. The molecule has 2 amide bonds. The number of ether oxygens (including phenoxy) is 1.